The zero-order valence-corrected chi connectivity index (χ0v) is 11.9. The summed E-state index contributed by atoms with van der Waals surface area (Å²) in [6.07, 6.45) is 4.98. The maximum absolute atomic E-state index is 10.6. The minimum absolute atomic E-state index is 0.145. The average Bonchev–Trinajstić information content (AvgIpc) is 2.53. The second-order valence-corrected chi connectivity index (χ2v) is 5.07. The lowest BCUT2D eigenvalue weighted by Crippen LogP contribution is -1.96. The van der Waals surface area contributed by atoms with Gasteiger partial charge in [0.2, 0.25) is 0 Å². The normalized spacial score (nSPS) is 11.8. The van der Waals surface area contributed by atoms with E-state index in [-0.39, 0.29) is 10.6 Å². The van der Waals surface area contributed by atoms with Gasteiger partial charge in [0.25, 0.3) is 5.69 Å². The molecule has 2 aromatic rings. The molecule has 0 saturated heterocycles. The Kier molecular flexibility index (Phi) is 5.27. The van der Waals surface area contributed by atoms with Crippen LogP contribution >= 0.6 is 0 Å². The Balaban J connectivity index is 1.88. The van der Waals surface area contributed by atoms with Crippen LogP contribution in [0.1, 0.15) is 29.9 Å². The third-order valence-corrected chi connectivity index (χ3v) is 3.64. The quantitative estimate of drug-likeness (QED) is 0.412. The first-order chi connectivity index (χ1) is 10.2. The van der Waals surface area contributed by atoms with Crippen molar-refractivity contribution in [2.75, 3.05) is 0 Å². The number of nitrogens with zero attached hydrogens (tertiary/aromatic N) is 1. The first-order valence-corrected chi connectivity index (χ1v) is 7.11. The fourth-order valence-corrected chi connectivity index (χ4v) is 2.43. The Hall–Kier alpha value is -2.42. The van der Waals surface area contributed by atoms with Gasteiger partial charge in [-0.25, -0.2) is 0 Å². The Morgan fingerprint density at radius 1 is 1.10 bits per heavy atom. The van der Waals surface area contributed by atoms with Gasteiger partial charge >= 0.3 is 0 Å². The van der Waals surface area contributed by atoms with E-state index in [1.807, 2.05) is 36.4 Å². The van der Waals surface area contributed by atoms with Crippen molar-refractivity contribution in [3.8, 4) is 0 Å². The van der Waals surface area contributed by atoms with Crippen molar-refractivity contribution in [1.82, 2.24) is 0 Å². The first-order valence-electron chi connectivity index (χ1n) is 7.11. The van der Waals surface area contributed by atoms with Crippen LogP contribution in [-0.4, -0.2) is 4.92 Å². The minimum atomic E-state index is -0.368. The highest BCUT2D eigenvalue weighted by Crippen LogP contribution is 2.23. The summed E-state index contributed by atoms with van der Waals surface area (Å²) in [7, 11) is 0. The van der Waals surface area contributed by atoms with Gasteiger partial charge in [-0.15, -0.1) is 6.58 Å². The summed E-state index contributed by atoms with van der Waals surface area (Å²) in [5.74, 6) is 0.365. The van der Waals surface area contributed by atoms with E-state index in [1.54, 1.807) is 12.1 Å². The van der Waals surface area contributed by atoms with Crippen LogP contribution in [0.4, 0.5) is 5.69 Å². The smallest absolute Gasteiger partial charge is 0.258 e. The third-order valence-electron chi connectivity index (χ3n) is 3.64. The third kappa shape index (κ3) is 4.28. The van der Waals surface area contributed by atoms with Crippen molar-refractivity contribution in [2.24, 2.45) is 0 Å². The topological polar surface area (TPSA) is 43.1 Å². The second-order valence-electron chi connectivity index (χ2n) is 5.07. The van der Waals surface area contributed by atoms with E-state index in [2.05, 4.69) is 18.7 Å². The number of nitro benzene ring substituents is 1. The maximum Gasteiger partial charge on any atom is 0.269 e. The number of allylic oxidation sites excluding steroid dienone is 1. The molecule has 1 unspecified atom stereocenters. The van der Waals surface area contributed by atoms with Crippen molar-refractivity contribution in [3.05, 3.63) is 88.5 Å². The molecule has 21 heavy (non-hydrogen) atoms. The fourth-order valence-electron chi connectivity index (χ4n) is 2.43. The van der Waals surface area contributed by atoms with Gasteiger partial charge in [-0.3, -0.25) is 10.1 Å². The van der Waals surface area contributed by atoms with Crippen LogP contribution in [0.15, 0.2) is 67.3 Å². The highest BCUT2D eigenvalue weighted by Gasteiger charge is 2.08. The number of non-ortho nitro benzene ring substituents is 1. The zero-order chi connectivity index (χ0) is 15.1. The predicted octanol–water partition coefficient (Wildman–Crippen LogP) is 4.89. The summed E-state index contributed by atoms with van der Waals surface area (Å²) >= 11 is 0. The van der Waals surface area contributed by atoms with Gasteiger partial charge in [-0.2, -0.15) is 0 Å². The van der Waals surface area contributed by atoms with E-state index in [0.29, 0.717) is 5.92 Å². The molecule has 0 N–H and O–H groups in total. The van der Waals surface area contributed by atoms with Crippen molar-refractivity contribution in [3.63, 3.8) is 0 Å². The second kappa shape index (κ2) is 7.39. The summed E-state index contributed by atoms with van der Waals surface area (Å²) in [6.45, 7) is 3.92. The molecular weight excluding hydrogens is 262 g/mol. The largest absolute Gasteiger partial charge is 0.269 e. The van der Waals surface area contributed by atoms with Gasteiger partial charge in [-0.05, 0) is 30.4 Å². The Morgan fingerprint density at radius 2 is 1.76 bits per heavy atom. The van der Waals surface area contributed by atoms with E-state index in [4.69, 9.17) is 0 Å². The van der Waals surface area contributed by atoms with E-state index in [1.165, 1.54) is 5.56 Å². The van der Waals surface area contributed by atoms with Crippen molar-refractivity contribution in [2.45, 2.75) is 25.2 Å². The molecule has 0 aliphatic rings. The zero-order valence-electron chi connectivity index (χ0n) is 11.9. The van der Waals surface area contributed by atoms with Gasteiger partial charge in [-0.1, -0.05) is 48.5 Å². The summed E-state index contributed by atoms with van der Waals surface area (Å²) in [5.41, 5.74) is 2.57. The number of hydrogen-bond donors (Lipinski definition) is 0. The molecule has 1 atom stereocenters. The molecule has 0 spiro atoms. The monoisotopic (exact) mass is 281 g/mol. The lowest BCUT2D eigenvalue weighted by molar-refractivity contribution is -0.384. The number of aryl methyl sites for hydroxylation is 1. The molecule has 0 heterocycles. The molecule has 108 valence electrons. The molecule has 3 nitrogen and oxygen atoms in total. The molecule has 0 bridgehead atoms. The SMILES string of the molecule is C=CC(CCCc1ccc([N+](=O)[O-])cc1)c1ccccc1. The Bertz CT molecular complexity index is 590. The molecule has 0 amide bonds. The molecule has 0 radical (unpaired) electrons. The predicted molar refractivity (Wildman–Crippen MR) is 85.4 cm³/mol. The van der Waals surface area contributed by atoms with Crippen molar-refractivity contribution >= 4 is 5.69 Å². The standard InChI is InChI=1S/C18H19NO2/c1-2-16(17-8-4-3-5-9-17)10-6-7-15-11-13-18(14-12-15)19(20)21/h2-5,8-9,11-14,16H,1,6-7,10H2. The minimum Gasteiger partial charge on any atom is -0.258 e. The van der Waals surface area contributed by atoms with Crippen LogP contribution in [0.2, 0.25) is 0 Å². The van der Waals surface area contributed by atoms with Crippen LogP contribution < -0.4 is 0 Å². The number of hydrogen-bond acceptors (Lipinski definition) is 2. The van der Waals surface area contributed by atoms with Crippen LogP contribution in [0.5, 0.6) is 0 Å². The van der Waals surface area contributed by atoms with Gasteiger partial charge in [0.05, 0.1) is 4.92 Å². The average molecular weight is 281 g/mol. The maximum atomic E-state index is 10.6. The lowest BCUT2D eigenvalue weighted by atomic mass is 9.93. The molecule has 2 rings (SSSR count). The van der Waals surface area contributed by atoms with Gasteiger partial charge in [0.1, 0.15) is 0 Å². The van der Waals surface area contributed by atoms with Crippen LogP contribution in [0.3, 0.4) is 0 Å². The van der Waals surface area contributed by atoms with E-state index >= 15 is 0 Å². The molecular formula is C18H19NO2. The van der Waals surface area contributed by atoms with Gasteiger partial charge < -0.3 is 0 Å². The molecule has 0 aliphatic heterocycles. The first kappa shape index (κ1) is 15.0. The highest BCUT2D eigenvalue weighted by atomic mass is 16.6. The van der Waals surface area contributed by atoms with Crippen LogP contribution in [0, 0.1) is 10.1 Å². The lowest BCUT2D eigenvalue weighted by Gasteiger charge is -2.12. The fraction of sp³-hybridized carbons (Fsp3) is 0.222. The molecule has 0 aromatic heterocycles. The molecule has 3 heteroatoms. The summed E-state index contributed by atoms with van der Waals surface area (Å²) in [6, 6.07) is 17.2. The number of nitro groups is 1. The Labute approximate surface area is 125 Å². The molecule has 0 saturated carbocycles. The molecule has 0 fully saturated rings. The highest BCUT2D eigenvalue weighted by molar-refractivity contribution is 5.33. The molecule has 2 aromatic carbocycles. The number of rotatable bonds is 7. The Morgan fingerprint density at radius 3 is 2.33 bits per heavy atom. The van der Waals surface area contributed by atoms with E-state index in [0.717, 1.165) is 24.8 Å². The molecule has 0 aliphatic carbocycles. The van der Waals surface area contributed by atoms with Crippen LogP contribution in [0.25, 0.3) is 0 Å². The van der Waals surface area contributed by atoms with Crippen molar-refractivity contribution in [1.29, 1.82) is 0 Å². The summed E-state index contributed by atoms with van der Waals surface area (Å²) < 4.78 is 0. The van der Waals surface area contributed by atoms with Crippen LogP contribution in [-0.2, 0) is 6.42 Å². The van der Waals surface area contributed by atoms with E-state index in [9.17, 15) is 10.1 Å². The van der Waals surface area contributed by atoms with Gasteiger partial charge in [0.15, 0.2) is 0 Å². The number of benzene rings is 2. The van der Waals surface area contributed by atoms with Gasteiger partial charge in [0, 0.05) is 18.1 Å². The summed E-state index contributed by atoms with van der Waals surface area (Å²) in [5, 5.41) is 10.6. The summed E-state index contributed by atoms with van der Waals surface area (Å²) in [4.78, 5) is 10.2. The van der Waals surface area contributed by atoms with E-state index < -0.39 is 0 Å². The van der Waals surface area contributed by atoms with Crippen molar-refractivity contribution < 1.29 is 4.92 Å².